The smallest absolute Gasteiger partial charge is 0.218 e. The van der Waals surface area contributed by atoms with Crippen molar-refractivity contribution >= 4 is 5.82 Å². The standard InChI is InChI=1S/C14H24N4O/c1-11(2)8-15-9-12-5-4-6-18(12)13-7-14(19-3)17-10-16-13/h7,10-12,15H,4-6,8-9H2,1-3H3. The monoisotopic (exact) mass is 264 g/mol. The summed E-state index contributed by atoms with van der Waals surface area (Å²) in [6.45, 7) is 7.61. The number of nitrogens with zero attached hydrogens (tertiary/aromatic N) is 3. The quantitative estimate of drug-likeness (QED) is 0.847. The number of rotatable bonds is 6. The maximum Gasteiger partial charge on any atom is 0.218 e. The Balaban J connectivity index is 1.97. The van der Waals surface area contributed by atoms with E-state index < -0.39 is 0 Å². The van der Waals surface area contributed by atoms with E-state index in [1.807, 2.05) is 6.07 Å². The van der Waals surface area contributed by atoms with Crippen molar-refractivity contribution in [3.05, 3.63) is 12.4 Å². The van der Waals surface area contributed by atoms with E-state index in [4.69, 9.17) is 4.74 Å². The Bertz CT molecular complexity index is 397. The van der Waals surface area contributed by atoms with Gasteiger partial charge in [-0.25, -0.2) is 9.97 Å². The van der Waals surface area contributed by atoms with Crippen molar-refractivity contribution in [3.8, 4) is 5.88 Å². The second kappa shape index (κ2) is 6.70. The van der Waals surface area contributed by atoms with Crippen LogP contribution < -0.4 is 15.0 Å². The summed E-state index contributed by atoms with van der Waals surface area (Å²) in [5.41, 5.74) is 0. The lowest BCUT2D eigenvalue weighted by molar-refractivity contribution is 0.396. The molecule has 19 heavy (non-hydrogen) atoms. The Morgan fingerprint density at radius 2 is 2.32 bits per heavy atom. The molecule has 0 radical (unpaired) electrons. The van der Waals surface area contributed by atoms with Gasteiger partial charge in [-0.1, -0.05) is 13.8 Å². The van der Waals surface area contributed by atoms with E-state index >= 15 is 0 Å². The van der Waals surface area contributed by atoms with Crippen molar-refractivity contribution in [3.63, 3.8) is 0 Å². The van der Waals surface area contributed by atoms with Gasteiger partial charge in [0.05, 0.1) is 7.11 Å². The van der Waals surface area contributed by atoms with Crippen molar-refractivity contribution in [1.29, 1.82) is 0 Å². The predicted molar refractivity (Wildman–Crippen MR) is 76.7 cm³/mol. The van der Waals surface area contributed by atoms with Gasteiger partial charge in [0.1, 0.15) is 12.1 Å². The van der Waals surface area contributed by atoms with Crippen LogP contribution in [-0.4, -0.2) is 42.8 Å². The van der Waals surface area contributed by atoms with Crippen LogP contribution in [0.3, 0.4) is 0 Å². The normalized spacial score (nSPS) is 19.2. The molecule has 0 aromatic carbocycles. The van der Waals surface area contributed by atoms with Crippen LogP contribution in [0.1, 0.15) is 26.7 Å². The Morgan fingerprint density at radius 3 is 3.05 bits per heavy atom. The second-order valence-electron chi connectivity index (χ2n) is 5.46. The lowest BCUT2D eigenvalue weighted by Gasteiger charge is -2.26. The van der Waals surface area contributed by atoms with E-state index in [1.165, 1.54) is 12.8 Å². The van der Waals surface area contributed by atoms with E-state index in [1.54, 1.807) is 13.4 Å². The first-order valence-electron chi connectivity index (χ1n) is 7.04. The molecule has 5 nitrogen and oxygen atoms in total. The molecule has 1 fully saturated rings. The number of nitrogens with one attached hydrogen (secondary N) is 1. The van der Waals surface area contributed by atoms with Gasteiger partial charge in [0.2, 0.25) is 5.88 Å². The molecule has 5 heteroatoms. The molecule has 1 aliphatic rings. The first-order chi connectivity index (χ1) is 9.20. The maximum absolute atomic E-state index is 5.17. The van der Waals surface area contributed by atoms with E-state index in [0.29, 0.717) is 17.8 Å². The molecule has 1 unspecified atom stereocenters. The Labute approximate surface area is 115 Å². The molecule has 0 saturated carbocycles. The fraction of sp³-hybridized carbons (Fsp3) is 0.714. The zero-order valence-corrected chi connectivity index (χ0v) is 12.1. The third-order valence-electron chi connectivity index (χ3n) is 3.44. The molecule has 0 aliphatic carbocycles. The van der Waals surface area contributed by atoms with Crippen LogP contribution in [0.2, 0.25) is 0 Å². The summed E-state index contributed by atoms with van der Waals surface area (Å²) in [4.78, 5) is 10.8. The minimum Gasteiger partial charge on any atom is -0.481 e. The molecule has 106 valence electrons. The van der Waals surface area contributed by atoms with Gasteiger partial charge >= 0.3 is 0 Å². The Hall–Kier alpha value is -1.36. The third-order valence-corrected chi connectivity index (χ3v) is 3.44. The summed E-state index contributed by atoms with van der Waals surface area (Å²) in [6.07, 6.45) is 4.02. The van der Waals surface area contributed by atoms with Crippen LogP contribution in [0.15, 0.2) is 12.4 Å². The van der Waals surface area contributed by atoms with Crippen molar-refractivity contribution in [2.75, 3.05) is 31.6 Å². The lowest BCUT2D eigenvalue weighted by atomic mass is 10.2. The first kappa shape index (κ1) is 14.1. The molecule has 2 heterocycles. The summed E-state index contributed by atoms with van der Waals surface area (Å²) in [6, 6.07) is 2.44. The number of hydrogen-bond donors (Lipinski definition) is 1. The topological polar surface area (TPSA) is 50.3 Å². The average Bonchev–Trinajstić information content (AvgIpc) is 2.87. The molecule has 1 N–H and O–H groups in total. The number of anilines is 1. The molecule has 0 bridgehead atoms. The molecular formula is C14H24N4O. The van der Waals surface area contributed by atoms with Crippen molar-refractivity contribution in [2.24, 2.45) is 5.92 Å². The van der Waals surface area contributed by atoms with E-state index in [-0.39, 0.29) is 0 Å². The van der Waals surface area contributed by atoms with Gasteiger partial charge < -0.3 is 15.0 Å². The minimum atomic E-state index is 0.526. The first-order valence-corrected chi connectivity index (χ1v) is 7.04. The van der Waals surface area contributed by atoms with E-state index in [0.717, 1.165) is 25.5 Å². The van der Waals surface area contributed by atoms with Crippen molar-refractivity contribution in [2.45, 2.75) is 32.7 Å². The zero-order chi connectivity index (χ0) is 13.7. The molecule has 1 atom stereocenters. The fourth-order valence-electron chi connectivity index (χ4n) is 2.49. The van der Waals surface area contributed by atoms with E-state index in [2.05, 4.69) is 34.0 Å². The maximum atomic E-state index is 5.17. The molecular weight excluding hydrogens is 240 g/mol. The van der Waals surface area contributed by atoms with Crippen molar-refractivity contribution in [1.82, 2.24) is 15.3 Å². The number of aromatic nitrogens is 2. The molecule has 1 saturated heterocycles. The highest BCUT2D eigenvalue weighted by Crippen LogP contribution is 2.24. The van der Waals surface area contributed by atoms with Crippen LogP contribution in [0.4, 0.5) is 5.82 Å². The van der Waals surface area contributed by atoms with E-state index in [9.17, 15) is 0 Å². The highest BCUT2D eigenvalue weighted by atomic mass is 16.5. The van der Waals surface area contributed by atoms with Gasteiger partial charge in [-0.2, -0.15) is 0 Å². The Morgan fingerprint density at radius 1 is 1.47 bits per heavy atom. The van der Waals surface area contributed by atoms with Crippen LogP contribution in [0.25, 0.3) is 0 Å². The third kappa shape index (κ3) is 3.80. The average molecular weight is 264 g/mol. The predicted octanol–water partition coefficient (Wildman–Crippen LogP) is 1.70. The summed E-state index contributed by atoms with van der Waals surface area (Å²) >= 11 is 0. The van der Waals surface area contributed by atoms with Gasteiger partial charge in [0.25, 0.3) is 0 Å². The number of methoxy groups -OCH3 is 1. The van der Waals surface area contributed by atoms with Gasteiger partial charge in [-0.05, 0) is 25.3 Å². The lowest BCUT2D eigenvalue weighted by Crippen LogP contribution is -2.39. The number of hydrogen-bond acceptors (Lipinski definition) is 5. The Kier molecular flexibility index (Phi) is 4.96. The van der Waals surface area contributed by atoms with Gasteiger partial charge in [-0.15, -0.1) is 0 Å². The molecule has 0 amide bonds. The van der Waals surface area contributed by atoms with Gasteiger partial charge in [0, 0.05) is 25.2 Å². The largest absolute Gasteiger partial charge is 0.481 e. The second-order valence-corrected chi connectivity index (χ2v) is 5.46. The number of ether oxygens (including phenoxy) is 1. The van der Waals surface area contributed by atoms with Crippen LogP contribution >= 0.6 is 0 Å². The fourth-order valence-corrected chi connectivity index (χ4v) is 2.49. The molecule has 0 spiro atoms. The summed E-state index contributed by atoms with van der Waals surface area (Å²) in [5, 5.41) is 3.54. The SMILES string of the molecule is COc1cc(N2CCCC2CNCC(C)C)ncn1. The molecule has 2 rings (SSSR count). The highest BCUT2D eigenvalue weighted by Gasteiger charge is 2.25. The zero-order valence-electron chi connectivity index (χ0n) is 12.1. The summed E-state index contributed by atoms with van der Waals surface area (Å²) in [5.74, 6) is 2.29. The highest BCUT2D eigenvalue weighted by molar-refractivity contribution is 5.43. The minimum absolute atomic E-state index is 0.526. The van der Waals surface area contributed by atoms with Gasteiger partial charge in [0.15, 0.2) is 0 Å². The molecule has 1 aromatic rings. The molecule has 1 aromatic heterocycles. The van der Waals surface area contributed by atoms with Gasteiger partial charge in [-0.3, -0.25) is 0 Å². The summed E-state index contributed by atoms with van der Waals surface area (Å²) < 4.78 is 5.17. The summed E-state index contributed by atoms with van der Waals surface area (Å²) in [7, 11) is 1.64. The molecule has 1 aliphatic heterocycles. The van der Waals surface area contributed by atoms with Crippen LogP contribution in [-0.2, 0) is 0 Å². The van der Waals surface area contributed by atoms with Crippen LogP contribution in [0, 0.1) is 5.92 Å². The van der Waals surface area contributed by atoms with Crippen molar-refractivity contribution < 1.29 is 4.74 Å². The van der Waals surface area contributed by atoms with Crippen LogP contribution in [0.5, 0.6) is 5.88 Å².